The molecule has 0 spiro atoms. The molecule has 0 aliphatic rings. The number of hydrogen-bond acceptors (Lipinski definition) is 0. The van der Waals surface area contributed by atoms with E-state index >= 15 is 0 Å². The van der Waals surface area contributed by atoms with Crippen LogP contribution >= 0.6 is 0 Å². The van der Waals surface area contributed by atoms with Gasteiger partial charge < -0.3 is 49.6 Å². The number of hydrogen-bond donors (Lipinski definition) is 0. The first-order valence-electron chi connectivity index (χ1n) is 0. The summed E-state index contributed by atoms with van der Waals surface area (Å²) >= 11 is 0. The van der Waals surface area contributed by atoms with Gasteiger partial charge in [0.05, 0.1) is 0 Å². The molecule has 0 rings (SSSR count). The van der Waals surface area contributed by atoms with Crippen LogP contribution in [0.5, 0.6) is 0 Å². The van der Waals surface area contributed by atoms with E-state index in [-0.39, 0.29) is 72.8 Å². The summed E-state index contributed by atoms with van der Waals surface area (Å²) in [5, 5.41) is 0. The van der Waals surface area contributed by atoms with E-state index in [2.05, 4.69) is 0 Å². The first kappa shape index (κ1) is 67.5. The molecule has 0 aromatic heterocycles. The normalized spacial score (nSPS) is 0. The Kier molecular flexibility index (Phi) is 537. The molecule has 0 nitrogen and oxygen atoms in total. The molecule has 0 aromatic rings. The zero-order chi connectivity index (χ0) is 0. The summed E-state index contributed by atoms with van der Waals surface area (Å²) in [6.45, 7) is 0. The largest absolute Gasteiger partial charge is 4.00 e. The van der Waals surface area contributed by atoms with Crippen LogP contribution in [-0.4, -0.2) is 0 Å². The van der Waals surface area contributed by atoms with Gasteiger partial charge in [0.1, 0.15) is 0 Å². The fraction of sp³-hybridized carbons (Fsp3) is 0. The van der Waals surface area contributed by atoms with Crippen LogP contribution in [0.4, 0.5) is 0 Å². The molecular weight excluding hydrogens is 190 g/mol. The van der Waals surface area contributed by atoms with Gasteiger partial charge in [-0.05, 0) is 0 Å². The summed E-state index contributed by atoms with van der Waals surface area (Å²) in [7, 11) is 0. The minimum atomic E-state index is 0. The Morgan fingerprint density at radius 2 is 0.600 bits per heavy atom. The van der Waals surface area contributed by atoms with Crippen LogP contribution in [-0.2, 0) is 21.7 Å². The van der Waals surface area contributed by atoms with Crippen molar-refractivity contribution in [3.63, 3.8) is 0 Å². The smallest absolute Gasteiger partial charge is 1.00 e. The van der Waals surface area contributed by atoms with Crippen molar-refractivity contribution >= 4 is 0 Å². The molecule has 32 valence electrons. The molecule has 0 saturated heterocycles. The fourth-order valence-electron chi connectivity index (χ4n) is 0. The summed E-state index contributed by atoms with van der Waals surface area (Å²) in [6.07, 6.45) is 0. The number of rotatable bonds is 0. The quantitative estimate of drug-likeness (QED) is 0.333. The van der Waals surface area contributed by atoms with Crippen molar-refractivity contribution in [3.8, 4) is 0 Å². The molecule has 0 heterocycles. The maximum Gasteiger partial charge on any atom is 4.00 e. The van der Waals surface area contributed by atoms with Crippen LogP contribution in [0.15, 0.2) is 0 Å². The van der Waals surface area contributed by atoms with Crippen LogP contribution in [0.25, 0.3) is 0 Å². The first-order valence-corrected chi connectivity index (χ1v) is 0. The standard InChI is InChI=1S/4ClH.Ti/h4*1H;/q;;;;+4/p-3. The Balaban J connectivity index is 0. The van der Waals surface area contributed by atoms with Crippen molar-refractivity contribution in [3.05, 3.63) is 0 Å². The Morgan fingerprint density at radius 3 is 0.600 bits per heavy atom. The average molecular weight is 191 g/mol. The van der Waals surface area contributed by atoms with Crippen molar-refractivity contribution in [1.29, 1.82) is 0 Å². The summed E-state index contributed by atoms with van der Waals surface area (Å²) in [5.74, 6) is 0. The van der Waals surface area contributed by atoms with Gasteiger partial charge in [0.15, 0.2) is 0 Å². The van der Waals surface area contributed by atoms with E-state index in [1.165, 1.54) is 0 Å². The topological polar surface area (TPSA) is 0 Å². The van der Waals surface area contributed by atoms with Crippen molar-refractivity contribution in [1.82, 2.24) is 0 Å². The molecule has 5 heteroatoms. The molecule has 5 heavy (non-hydrogen) atoms. The molecule has 0 radical (unpaired) electrons. The summed E-state index contributed by atoms with van der Waals surface area (Å²) in [6, 6.07) is 0. The maximum atomic E-state index is 0. The summed E-state index contributed by atoms with van der Waals surface area (Å²) in [5.41, 5.74) is 0. The molecule has 0 aliphatic heterocycles. The molecule has 0 unspecified atom stereocenters. The molecule has 0 saturated carbocycles. The van der Waals surface area contributed by atoms with Gasteiger partial charge in [-0.3, -0.25) is 0 Å². The van der Waals surface area contributed by atoms with Crippen LogP contribution in [0.1, 0.15) is 1.43 Å². The third-order valence-corrected chi connectivity index (χ3v) is 0. The zero-order valence-corrected chi connectivity index (χ0v) is 6.60. The summed E-state index contributed by atoms with van der Waals surface area (Å²) < 4.78 is 0. The van der Waals surface area contributed by atoms with E-state index in [1.54, 1.807) is 0 Å². The van der Waals surface area contributed by atoms with E-state index in [9.17, 15) is 0 Å². The van der Waals surface area contributed by atoms with Crippen molar-refractivity contribution < 1.29 is 72.8 Å². The van der Waals surface area contributed by atoms with Crippen LogP contribution in [0, 0.1) is 0 Å². The monoisotopic (exact) mass is 189 g/mol. The van der Waals surface area contributed by atoms with Gasteiger partial charge in [-0.15, -0.1) is 0 Å². The molecule has 0 aliphatic carbocycles. The van der Waals surface area contributed by atoms with Gasteiger partial charge in [0.2, 0.25) is 0 Å². The number of halogens is 4. The van der Waals surface area contributed by atoms with Gasteiger partial charge >= 0.3 is 23.1 Å². The maximum absolute atomic E-state index is 0. The molecule has 0 fully saturated rings. The minimum absolute atomic E-state index is 0. The van der Waals surface area contributed by atoms with Crippen molar-refractivity contribution in [2.75, 3.05) is 0 Å². The molecule has 0 N–H and O–H groups in total. The minimum Gasteiger partial charge on any atom is -1.00 e. The van der Waals surface area contributed by atoms with Gasteiger partial charge in [-0.2, -0.15) is 0 Å². The van der Waals surface area contributed by atoms with Crippen molar-refractivity contribution in [2.24, 2.45) is 0 Å². The van der Waals surface area contributed by atoms with Crippen LogP contribution in [0.2, 0.25) is 0 Å². The second-order valence-corrected chi connectivity index (χ2v) is 0. The Hall–Kier alpha value is 1.87. The predicted octanol–water partition coefficient (Wildman–Crippen LogP) is -11.9. The van der Waals surface area contributed by atoms with E-state index in [1.807, 2.05) is 0 Å². The van der Waals surface area contributed by atoms with E-state index in [4.69, 9.17) is 0 Å². The van der Waals surface area contributed by atoms with Crippen LogP contribution < -0.4 is 49.6 Å². The van der Waals surface area contributed by atoms with Gasteiger partial charge in [-0.25, -0.2) is 0 Å². The van der Waals surface area contributed by atoms with Gasteiger partial charge in [0.25, 0.3) is 0 Å². The second-order valence-electron chi connectivity index (χ2n) is 0. The Labute approximate surface area is 72.5 Å². The second kappa shape index (κ2) is 39.7. The van der Waals surface area contributed by atoms with Gasteiger partial charge in [-0.1, -0.05) is 0 Å². The van der Waals surface area contributed by atoms with E-state index in [0.717, 1.165) is 0 Å². The predicted molar refractivity (Wildman–Crippen MR) is 1.11 cm³/mol. The SMILES string of the molecule is [Cl-].[Cl-].[Cl-].[Cl-].[H+].[Ti+4]. The molecule has 0 atom stereocenters. The third kappa shape index (κ3) is 25.1. The third-order valence-electron chi connectivity index (χ3n) is 0. The van der Waals surface area contributed by atoms with Crippen molar-refractivity contribution in [2.45, 2.75) is 0 Å². The van der Waals surface area contributed by atoms with E-state index < -0.39 is 0 Å². The molecular formula is HCl4Ti+. The van der Waals surface area contributed by atoms with E-state index in [0.29, 0.717) is 0 Å². The Bertz CT molecular complexity index is 7.51. The molecule has 0 amide bonds. The molecule has 0 bridgehead atoms. The van der Waals surface area contributed by atoms with Gasteiger partial charge in [0, 0.05) is 0 Å². The molecule has 0 aromatic carbocycles. The average Bonchev–Trinajstić information content (AvgIpc) is 0. The fourth-order valence-corrected chi connectivity index (χ4v) is 0. The summed E-state index contributed by atoms with van der Waals surface area (Å²) in [4.78, 5) is 0. The first-order chi connectivity index (χ1) is 0. The Morgan fingerprint density at radius 1 is 0.600 bits per heavy atom. The van der Waals surface area contributed by atoms with Crippen LogP contribution in [0.3, 0.4) is 0 Å². The zero-order valence-electron chi connectivity index (χ0n) is 3.01.